The van der Waals surface area contributed by atoms with Crippen LogP contribution in [0.15, 0.2) is 48.5 Å². The number of nitrogens with zero attached hydrogens (tertiary/aromatic N) is 2. The van der Waals surface area contributed by atoms with Crippen LogP contribution in [0.25, 0.3) is 11.3 Å². The Labute approximate surface area is 221 Å². The van der Waals surface area contributed by atoms with Crippen molar-refractivity contribution in [2.45, 2.75) is 64.9 Å². The van der Waals surface area contributed by atoms with E-state index in [1.54, 1.807) is 0 Å². The summed E-state index contributed by atoms with van der Waals surface area (Å²) in [5, 5.41) is 9.58. The molecule has 2 aromatic carbocycles. The van der Waals surface area contributed by atoms with Gasteiger partial charge in [0.25, 0.3) is 5.91 Å². The van der Waals surface area contributed by atoms with E-state index in [0.717, 1.165) is 22.4 Å². The third-order valence-corrected chi connectivity index (χ3v) is 9.33. The number of rotatable bonds is 6. The summed E-state index contributed by atoms with van der Waals surface area (Å²) < 4.78 is 1.97. The highest BCUT2D eigenvalue weighted by molar-refractivity contribution is 9.08. The molecule has 0 aliphatic heterocycles. The number of hydrogen-bond donors (Lipinski definition) is 1. The number of hydrogen-bond acceptors (Lipinski definition) is 2. The van der Waals surface area contributed by atoms with Crippen molar-refractivity contribution in [2.75, 3.05) is 0 Å². The van der Waals surface area contributed by atoms with Crippen molar-refractivity contribution in [3.05, 3.63) is 75.9 Å². The summed E-state index contributed by atoms with van der Waals surface area (Å²) in [6.45, 7) is 9.63. The number of fused-ring (bicyclic) bond motifs is 2. The Morgan fingerprint density at radius 2 is 1.83 bits per heavy atom. The number of halogens is 2. The molecule has 1 heterocycles. The highest BCUT2D eigenvalue weighted by Crippen LogP contribution is 2.62. The van der Waals surface area contributed by atoms with Crippen molar-refractivity contribution < 1.29 is 4.79 Å². The first kappa shape index (κ1) is 24.6. The zero-order chi connectivity index (χ0) is 25.0. The molecule has 2 saturated carbocycles. The van der Waals surface area contributed by atoms with Gasteiger partial charge >= 0.3 is 0 Å². The van der Waals surface area contributed by atoms with Gasteiger partial charge in [-0.15, -0.1) is 0 Å². The summed E-state index contributed by atoms with van der Waals surface area (Å²) in [5.74, 6) is 0.585. The van der Waals surface area contributed by atoms with Crippen LogP contribution < -0.4 is 5.32 Å². The van der Waals surface area contributed by atoms with Crippen molar-refractivity contribution >= 4 is 33.4 Å². The summed E-state index contributed by atoms with van der Waals surface area (Å²) in [5.41, 5.74) is 5.95. The molecule has 0 spiro atoms. The van der Waals surface area contributed by atoms with Crippen LogP contribution in [0.1, 0.15) is 67.2 Å². The van der Waals surface area contributed by atoms with Gasteiger partial charge in [0.2, 0.25) is 0 Å². The summed E-state index contributed by atoms with van der Waals surface area (Å²) in [6, 6.07) is 16.4. The molecule has 2 bridgehead atoms. The van der Waals surface area contributed by atoms with Crippen molar-refractivity contribution in [1.82, 2.24) is 15.1 Å². The van der Waals surface area contributed by atoms with Gasteiger partial charge in [-0.2, -0.15) is 5.10 Å². The topological polar surface area (TPSA) is 46.9 Å². The molecular formula is C29H33BrClN3O. The van der Waals surface area contributed by atoms with E-state index in [1.165, 1.54) is 24.8 Å². The van der Waals surface area contributed by atoms with Crippen molar-refractivity contribution in [3.63, 3.8) is 0 Å². The zero-order valence-corrected chi connectivity index (χ0v) is 23.2. The normalized spacial score (nSPS) is 24.6. The number of carbonyl (C=O) groups excluding carboxylic acids is 1. The Kier molecular flexibility index (Phi) is 6.38. The number of alkyl halides is 1. The lowest BCUT2D eigenvalue weighted by molar-refractivity contribution is 0.0732. The number of nitrogens with one attached hydrogen (secondary N) is 1. The molecule has 3 aromatic rings. The van der Waals surface area contributed by atoms with Gasteiger partial charge in [-0.05, 0) is 60.6 Å². The van der Waals surface area contributed by atoms with E-state index in [9.17, 15) is 4.79 Å². The molecule has 1 N–H and O–H groups in total. The predicted molar refractivity (Wildman–Crippen MR) is 146 cm³/mol. The van der Waals surface area contributed by atoms with Crippen LogP contribution in [0, 0.1) is 23.7 Å². The van der Waals surface area contributed by atoms with Crippen LogP contribution in [0.3, 0.4) is 0 Å². The second-order valence-electron chi connectivity index (χ2n) is 11.3. The minimum absolute atomic E-state index is 0.0795. The first-order valence-electron chi connectivity index (χ1n) is 12.4. The van der Waals surface area contributed by atoms with Crippen molar-refractivity contribution in [1.29, 1.82) is 0 Å². The van der Waals surface area contributed by atoms with E-state index in [1.807, 2.05) is 28.9 Å². The number of aryl methyl sites for hydroxylation is 1. The molecule has 6 heteroatoms. The fourth-order valence-corrected chi connectivity index (χ4v) is 7.24. The first-order valence-corrected chi connectivity index (χ1v) is 13.9. The lowest BCUT2D eigenvalue weighted by atomic mass is 9.68. The lowest BCUT2D eigenvalue weighted by Gasteiger charge is -2.43. The molecule has 2 aliphatic carbocycles. The molecule has 5 rings (SSSR count). The Bertz CT molecular complexity index is 1240. The van der Waals surface area contributed by atoms with Crippen LogP contribution >= 0.6 is 27.5 Å². The number of carbonyl (C=O) groups is 1. The molecule has 3 atom stereocenters. The van der Waals surface area contributed by atoms with Crippen LogP contribution in [0.5, 0.6) is 0 Å². The maximum absolute atomic E-state index is 13.8. The second kappa shape index (κ2) is 9.08. The molecule has 4 nitrogen and oxygen atoms in total. The fourth-order valence-electron chi connectivity index (χ4n) is 6.58. The highest BCUT2D eigenvalue weighted by Gasteiger charge is 2.59. The number of amides is 1. The minimum atomic E-state index is -0.0795. The molecule has 184 valence electrons. The maximum atomic E-state index is 13.8. The Morgan fingerprint density at radius 1 is 1.14 bits per heavy atom. The van der Waals surface area contributed by atoms with E-state index in [-0.39, 0.29) is 22.8 Å². The first-order chi connectivity index (χ1) is 16.6. The molecular weight excluding hydrogens is 522 g/mol. The summed E-state index contributed by atoms with van der Waals surface area (Å²) in [7, 11) is 0. The Morgan fingerprint density at radius 3 is 2.43 bits per heavy atom. The lowest BCUT2D eigenvalue weighted by Crippen LogP contribution is -2.52. The molecule has 2 fully saturated rings. The molecule has 35 heavy (non-hydrogen) atoms. The summed E-state index contributed by atoms with van der Waals surface area (Å²) >= 11 is 9.85. The third-order valence-electron chi connectivity index (χ3n) is 8.52. The minimum Gasteiger partial charge on any atom is -0.347 e. The number of aromatic nitrogens is 2. The van der Waals surface area contributed by atoms with E-state index in [4.69, 9.17) is 16.7 Å². The average molecular weight is 555 g/mol. The van der Waals surface area contributed by atoms with Gasteiger partial charge in [0, 0.05) is 27.5 Å². The van der Waals surface area contributed by atoms with Crippen LogP contribution in [0.2, 0.25) is 5.02 Å². The fraction of sp³-hybridized carbons (Fsp3) is 0.448. The van der Waals surface area contributed by atoms with E-state index in [2.05, 4.69) is 73.2 Å². The SMILES string of the molecule is Cc1ccc(Cn2nc(C(=O)NC3C4(C)CCC(C4)C3(C)C)c(CBr)c2-c2ccc(Cl)cc2)cc1. The van der Waals surface area contributed by atoms with Crippen LogP contribution in [-0.2, 0) is 11.9 Å². The van der Waals surface area contributed by atoms with Gasteiger partial charge in [0.15, 0.2) is 5.69 Å². The van der Waals surface area contributed by atoms with E-state index >= 15 is 0 Å². The average Bonchev–Trinajstić information content (AvgIpc) is 3.45. The standard InChI is InChI=1S/C29H33BrClN3O/c1-18-5-7-19(8-6-18)17-34-25(20-9-11-22(31)12-10-20)23(16-30)24(33-34)26(35)32-27-28(2,3)21-13-14-29(27,4)15-21/h5-12,21,27H,13-17H2,1-4H3,(H,32,35). The summed E-state index contributed by atoms with van der Waals surface area (Å²) in [6.07, 6.45) is 3.62. The van der Waals surface area contributed by atoms with Crippen LogP contribution in [-0.4, -0.2) is 21.7 Å². The smallest absolute Gasteiger partial charge is 0.272 e. The van der Waals surface area contributed by atoms with Crippen LogP contribution in [0.4, 0.5) is 0 Å². The van der Waals surface area contributed by atoms with Gasteiger partial charge in [-0.3, -0.25) is 9.48 Å². The van der Waals surface area contributed by atoms with Crippen molar-refractivity contribution in [2.24, 2.45) is 16.7 Å². The maximum Gasteiger partial charge on any atom is 0.272 e. The Hall–Kier alpha value is -2.11. The molecule has 3 unspecified atom stereocenters. The van der Waals surface area contributed by atoms with E-state index in [0.29, 0.717) is 28.5 Å². The Balaban J connectivity index is 1.55. The second-order valence-corrected chi connectivity index (χ2v) is 12.3. The monoisotopic (exact) mass is 553 g/mol. The van der Waals surface area contributed by atoms with E-state index < -0.39 is 0 Å². The largest absolute Gasteiger partial charge is 0.347 e. The molecule has 0 saturated heterocycles. The van der Waals surface area contributed by atoms with Gasteiger partial charge in [-0.25, -0.2) is 0 Å². The molecule has 1 aromatic heterocycles. The quantitative estimate of drug-likeness (QED) is 0.323. The molecule has 2 aliphatic rings. The molecule has 1 amide bonds. The van der Waals surface area contributed by atoms with Crippen molar-refractivity contribution in [3.8, 4) is 11.3 Å². The molecule has 0 radical (unpaired) electrons. The van der Waals surface area contributed by atoms with Gasteiger partial charge in [0.1, 0.15) is 0 Å². The summed E-state index contributed by atoms with van der Waals surface area (Å²) in [4.78, 5) is 13.8. The third kappa shape index (κ3) is 4.35. The van der Waals surface area contributed by atoms with Gasteiger partial charge in [-0.1, -0.05) is 90.3 Å². The van der Waals surface area contributed by atoms with Gasteiger partial charge < -0.3 is 5.32 Å². The number of benzene rings is 2. The highest BCUT2D eigenvalue weighted by atomic mass is 79.9. The predicted octanol–water partition coefficient (Wildman–Crippen LogP) is 7.40. The zero-order valence-electron chi connectivity index (χ0n) is 20.9. The van der Waals surface area contributed by atoms with Gasteiger partial charge in [0.05, 0.1) is 12.2 Å².